The van der Waals surface area contributed by atoms with Crippen LogP contribution in [0.25, 0.3) is 0 Å². The zero-order valence-electron chi connectivity index (χ0n) is 5.22. The monoisotopic (exact) mass is 169 g/mol. The summed E-state index contributed by atoms with van der Waals surface area (Å²) in [4.78, 5) is 0. The van der Waals surface area contributed by atoms with Crippen molar-refractivity contribution in [2.24, 2.45) is 0 Å². The summed E-state index contributed by atoms with van der Waals surface area (Å²) >= 11 is 0.823. The number of hydrogen-bond acceptors (Lipinski definition) is 3. The first-order valence-electron chi connectivity index (χ1n) is 2.27. The fourth-order valence-corrected chi connectivity index (χ4v) is 0.732. The number of hydrogen-bond donors (Lipinski definition) is 0. The third-order valence-electron chi connectivity index (χ3n) is 0.780. The van der Waals surface area contributed by atoms with Crippen molar-refractivity contribution >= 4 is 0 Å². The van der Waals surface area contributed by atoms with Gasteiger partial charge < -0.3 is 0 Å². The van der Waals surface area contributed by atoms with Crippen LogP contribution in [0.5, 0.6) is 0 Å². The van der Waals surface area contributed by atoms with Crippen molar-refractivity contribution in [1.29, 1.82) is 0 Å². The predicted molar refractivity (Wildman–Crippen MR) is 23.8 cm³/mol. The first-order chi connectivity index (χ1) is 3.85. The van der Waals surface area contributed by atoms with Gasteiger partial charge in [-0.3, -0.25) is 0 Å². The van der Waals surface area contributed by atoms with Crippen LogP contribution in [0.3, 0.4) is 0 Å². The first-order valence-corrected chi connectivity index (χ1v) is 3.48. The molecule has 0 atom stereocenters. The maximum absolute atomic E-state index is 4.86. The molecule has 0 saturated heterocycles. The van der Waals surface area contributed by atoms with Crippen molar-refractivity contribution < 1.29 is 31.7 Å². The fraction of sp³-hybridized carbons (Fsp3) is 1.00. The Kier molecular flexibility index (Phi) is 5.99. The van der Waals surface area contributed by atoms with E-state index < -0.39 is 0 Å². The summed E-state index contributed by atoms with van der Waals surface area (Å²) in [5.41, 5.74) is 0. The van der Waals surface area contributed by atoms with Crippen LogP contribution >= 0.6 is 0 Å². The van der Waals surface area contributed by atoms with Crippen molar-refractivity contribution in [3.8, 4) is 0 Å². The van der Waals surface area contributed by atoms with Crippen LogP contribution < -0.4 is 0 Å². The van der Waals surface area contributed by atoms with Crippen LogP contribution in [0.2, 0.25) is 0 Å². The van der Waals surface area contributed by atoms with E-state index in [2.05, 4.69) is 0 Å². The molecule has 0 rings (SSSR count). The van der Waals surface area contributed by atoms with Crippen molar-refractivity contribution in [3.63, 3.8) is 0 Å². The van der Waals surface area contributed by atoms with Crippen LogP contribution in [-0.4, -0.2) is 27.1 Å². The number of methoxy groups -OCH3 is 2. The molecule has 0 heterocycles. The summed E-state index contributed by atoms with van der Waals surface area (Å²) in [6.45, 7) is 0.535. The van der Waals surface area contributed by atoms with Crippen LogP contribution in [0, 0.1) is 0 Å². The average molecular weight is 171 g/mol. The van der Waals surface area contributed by atoms with Gasteiger partial charge in [-0.1, -0.05) is 0 Å². The number of rotatable bonds is 4. The molecule has 0 saturated carbocycles. The summed E-state index contributed by atoms with van der Waals surface area (Å²) in [5.74, 6) is 0. The second-order valence-corrected chi connectivity index (χ2v) is 2.13. The van der Waals surface area contributed by atoms with Crippen LogP contribution in [0.4, 0.5) is 0 Å². The summed E-state index contributed by atoms with van der Waals surface area (Å²) < 4.78 is 14.5. The minimum absolute atomic E-state index is 0.191. The molecular weight excluding hydrogens is 161 g/mol. The van der Waals surface area contributed by atoms with Gasteiger partial charge in [-0.15, -0.1) is 0 Å². The van der Waals surface area contributed by atoms with Gasteiger partial charge >= 0.3 is 58.8 Å². The third-order valence-corrected chi connectivity index (χ3v) is 1.27. The molecule has 0 radical (unpaired) electrons. The second kappa shape index (κ2) is 5.64. The van der Waals surface area contributed by atoms with Crippen LogP contribution in [0.1, 0.15) is 0 Å². The quantitative estimate of drug-likeness (QED) is 0.442. The van der Waals surface area contributed by atoms with Gasteiger partial charge in [0.15, 0.2) is 0 Å². The first kappa shape index (κ1) is 8.50. The molecule has 4 heteroatoms. The van der Waals surface area contributed by atoms with Gasteiger partial charge in [0, 0.05) is 0 Å². The second-order valence-electron chi connectivity index (χ2n) is 1.27. The van der Waals surface area contributed by atoms with E-state index in [-0.39, 0.29) is 6.29 Å². The third kappa shape index (κ3) is 3.50. The number of ether oxygens (including phenoxy) is 2. The summed E-state index contributed by atoms with van der Waals surface area (Å²) in [6.07, 6.45) is -0.191. The van der Waals surface area contributed by atoms with E-state index in [1.54, 1.807) is 14.2 Å². The van der Waals surface area contributed by atoms with Gasteiger partial charge in [0.1, 0.15) is 0 Å². The van der Waals surface area contributed by atoms with Gasteiger partial charge in [0.05, 0.1) is 0 Å². The molecule has 8 heavy (non-hydrogen) atoms. The van der Waals surface area contributed by atoms with Crippen molar-refractivity contribution in [2.45, 2.75) is 6.29 Å². The molecule has 0 aliphatic rings. The molecule has 0 aromatic rings. The zero-order valence-corrected chi connectivity index (χ0v) is 8.18. The molecule has 0 N–H and O–H groups in total. The molecule has 0 aromatic carbocycles. The summed E-state index contributed by atoms with van der Waals surface area (Å²) in [7, 11) is 3.18. The maximum atomic E-state index is 4.86. The molecule has 0 unspecified atom stereocenters. The van der Waals surface area contributed by atoms with Crippen molar-refractivity contribution in [2.75, 3.05) is 20.8 Å². The van der Waals surface area contributed by atoms with Gasteiger partial charge in [-0.25, -0.2) is 0 Å². The zero-order chi connectivity index (χ0) is 6.41. The molecule has 0 spiro atoms. The Morgan fingerprint density at radius 3 is 2.00 bits per heavy atom. The Morgan fingerprint density at radius 1 is 1.38 bits per heavy atom. The fourth-order valence-electron chi connectivity index (χ4n) is 0.329. The van der Waals surface area contributed by atoms with Crippen molar-refractivity contribution in [1.82, 2.24) is 0 Å². The normalized spacial score (nSPS) is 10.6. The standard InChI is InChI=1S/C4H9O3.Zn/c1-6-4(3-5)7-2;/h4H,3H2,1-2H3;/q-1;+1. The van der Waals surface area contributed by atoms with Gasteiger partial charge in [0.25, 0.3) is 0 Å². The van der Waals surface area contributed by atoms with E-state index in [0.717, 1.165) is 18.7 Å². The molecular formula is C4H9O3Zn. The molecule has 45 valence electrons. The Morgan fingerprint density at radius 2 is 1.88 bits per heavy atom. The van der Waals surface area contributed by atoms with E-state index >= 15 is 0 Å². The molecule has 0 amide bonds. The topological polar surface area (TPSA) is 27.7 Å². The Labute approximate surface area is 59.4 Å². The minimum atomic E-state index is -0.191. The summed E-state index contributed by atoms with van der Waals surface area (Å²) in [5, 5.41) is 0. The molecule has 3 nitrogen and oxygen atoms in total. The molecule has 0 aliphatic heterocycles. The Hall–Kier alpha value is 0.503. The van der Waals surface area contributed by atoms with Gasteiger partial charge in [-0.05, 0) is 0 Å². The molecule has 0 bridgehead atoms. The van der Waals surface area contributed by atoms with Crippen LogP contribution in [-0.2, 0) is 31.7 Å². The van der Waals surface area contributed by atoms with Gasteiger partial charge in [-0.2, -0.15) is 0 Å². The van der Waals surface area contributed by atoms with E-state index in [1.807, 2.05) is 0 Å². The van der Waals surface area contributed by atoms with E-state index in [0.29, 0.717) is 6.61 Å². The molecule has 0 aliphatic carbocycles. The average Bonchev–Trinajstić information content (AvgIpc) is 1.83. The van der Waals surface area contributed by atoms with E-state index in [9.17, 15) is 0 Å². The van der Waals surface area contributed by atoms with Crippen LogP contribution in [0.15, 0.2) is 0 Å². The SMILES string of the molecule is COC(C[O][Zn])OC. The van der Waals surface area contributed by atoms with E-state index in [4.69, 9.17) is 13.0 Å². The van der Waals surface area contributed by atoms with Crippen molar-refractivity contribution in [3.05, 3.63) is 0 Å². The van der Waals surface area contributed by atoms with E-state index in [1.165, 1.54) is 0 Å². The Bertz CT molecular complexity index is 46.5. The molecule has 0 fully saturated rings. The predicted octanol–water partition coefficient (Wildman–Crippen LogP) is 0.0837. The Balaban J connectivity index is 3.07. The molecule has 0 aromatic heterocycles. The summed E-state index contributed by atoms with van der Waals surface area (Å²) in [6, 6.07) is 0. The van der Waals surface area contributed by atoms with Gasteiger partial charge in [0.2, 0.25) is 0 Å².